The maximum absolute atomic E-state index is 12.4. The van der Waals surface area contributed by atoms with Gasteiger partial charge in [0.15, 0.2) is 0 Å². The molecule has 0 radical (unpaired) electrons. The first-order chi connectivity index (χ1) is 12.0. The van der Waals surface area contributed by atoms with E-state index in [1.807, 2.05) is 31.2 Å². The molecule has 0 heterocycles. The summed E-state index contributed by atoms with van der Waals surface area (Å²) in [7, 11) is 1.79. The van der Waals surface area contributed by atoms with Gasteiger partial charge < -0.3 is 10.2 Å². The Labute approximate surface area is 149 Å². The normalized spacial score (nSPS) is 10.4. The van der Waals surface area contributed by atoms with Crippen LogP contribution < -0.4 is 5.32 Å². The number of amides is 2. The maximum atomic E-state index is 12.4. The van der Waals surface area contributed by atoms with Crippen LogP contribution in [0.15, 0.2) is 48.5 Å². The smallest absolute Gasteiger partial charge is 0.253 e. The van der Waals surface area contributed by atoms with Crippen molar-refractivity contribution in [3.05, 3.63) is 70.8 Å². The van der Waals surface area contributed by atoms with Crippen LogP contribution in [0.5, 0.6) is 0 Å². The molecule has 0 aromatic heterocycles. The van der Waals surface area contributed by atoms with Crippen molar-refractivity contribution in [1.82, 2.24) is 10.2 Å². The van der Waals surface area contributed by atoms with Gasteiger partial charge in [0.25, 0.3) is 11.8 Å². The molecule has 0 aliphatic carbocycles. The zero-order chi connectivity index (χ0) is 18.2. The van der Waals surface area contributed by atoms with Crippen molar-refractivity contribution in [2.24, 2.45) is 0 Å². The van der Waals surface area contributed by atoms with Crippen molar-refractivity contribution >= 4 is 11.8 Å². The van der Waals surface area contributed by atoms with E-state index in [0.717, 1.165) is 30.5 Å². The second kappa shape index (κ2) is 9.02. The highest BCUT2D eigenvalue weighted by Gasteiger charge is 2.14. The minimum Gasteiger partial charge on any atom is -0.348 e. The largest absolute Gasteiger partial charge is 0.348 e. The third-order valence-electron chi connectivity index (χ3n) is 4.27. The highest BCUT2D eigenvalue weighted by atomic mass is 16.2. The molecule has 0 fully saturated rings. The number of unbranched alkanes of at least 4 members (excludes halogenated alkanes) is 1. The molecule has 4 heteroatoms. The summed E-state index contributed by atoms with van der Waals surface area (Å²) in [5.74, 6) is -0.226. The van der Waals surface area contributed by atoms with E-state index in [0.29, 0.717) is 17.7 Å². The molecule has 2 rings (SSSR count). The molecular formula is C21H26N2O2. The minimum absolute atomic E-state index is 0.0537. The number of rotatable bonds is 7. The second-order valence-electron chi connectivity index (χ2n) is 6.27. The summed E-state index contributed by atoms with van der Waals surface area (Å²) in [5.41, 5.74) is 3.28. The molecule has 2 amide bonds. The lowest BCUT2D eigenvalue weighted by molar-refractivity contribution is 0.0793. The number of hydrogen-bond donors (Lipinski definition) is 1. The van der Waals surface area contributed by atoms with Gasteiger partial charge in [-0.1, -0.05) is 43.7 Å². The van der Waals surface area contributed by atoms with E-state index in [1.54, 1.807) is 36.2 Å². The Bertz CT molecular complexity index is 740. The number of nitrogens with zero attached hydrogens (tertiary/aromatic N) is 1. The molecule has 132 valence electrons. The van der Waals surface area contributed by atoms with Crippen LogP contribution in [0.1, 0.15) is 51.6 Å². The molecule has 2 aromatic rings. The summed E-state index contributed by atoms with van der Waals surface area (Å²) in [4.78, 5) is 26.6. The first-order valence-electron chi connectivity index (χ1n) is 8.71. The van der Waals surface area contributed by atoms with Crippen molar-refractivity contribution in [3.8, 4) is 0 Å². The Morgan fingerprint density at radius 2 is 1.76 bits per heavy atom. The van der Waals surface area contributed by atoms with E-state index >= 15 is 0 Å². The van der Waals surface area contributed by atoms with E-state index in [9.17, 15) is 9.59 Å². The number of carbonyl (C=O) groups is 2. The lowest BCUT2D eigenvalue weighted by Crippen LogP contribution is -2.28. The first-order valence-corrected chi connectivity index (χ1v) is 8.71. The number of aryl methyl sites for hydroxylation is 1. The Morgan fingerprint density at radius 1 is 1.04 bits per heavy atom. The van der Waals surface area contributed by atoms with Gasteiger partial charge >= 0.3 is 0 Å². The van der Waals surface area contributed by atoms with Gasteiger partial charge in [-0.25, -0.2) is 0 Å². The molecule has 0 aliphatic heterocycles. The highest BCUT2D eigenvalue weighted by molar-refractivity contribution is 5.99. The lowest BCUT2D eigenvalue weighted by Gasteiger charge is -2.17. The summed E-state index contributed by atoms with van der Waals surface area (Å²) < 4.78 is 0. The van der Waals surface area contributed by atoms with Gasteiger partial charge in [0, 0.05) is 31.3 Å². The number of carbonyl (C=O) groups excluding carboxylic acids is 2. The summed E-state index contributed by atoms with van der Waals surface area (Å²) in [6, 6.07) is 14.9. The Kier molecular flexibility index (Phi) is 6.75. The monoisotopic (exact) mass is 338 g/mol. The second-order valence-corrected chi connectivity index (χ2v) is 6.27. The highest BCUT2D eigenvalue weighted by Crippen LogP contribution is 2.10. The van der Waals surface area contributed by atoms with E-state index in [2.05, 4.69) is 12.2 Å². The van der Waals surface area contributed by atoms with Crippen LogP contribution in [-0.2, 0) is 6.54 Å². The number of nitrogens with one attached hydrogen (secondary N) is 1. The average Bonchev–Trinajstić information content (AvgIpc) is 2.64. The molecular weight excluding hydrogens is 312 g/mol. The zero-order valence-electron chi connectivity index (χ0n) is 15.2. The van der Waals surface area contributed by atoms with Crippen LogP contribution in [0.25, 0.3) is 0 Å². The SMILES string of the molecule is CCCCN(C)C(=O)c1cccc(C(=O)NCc2ccccc2C)c1. The fourth-order valence-electron chi connectivity index (χ4n) is 2.60. The Hall–Kier alpha value is -2.62. The molecule has 2 aromatic carbocycles. The van der Waals surface area contributed by atoms with Crippen LogP contribution in [0.4, 0.5) is 0 Å². The third-order valence-corrected chi connectivity index (χ3v) is 4.27. The third kappa shape index (κ3) is 5.18. The molecule has 0 unspecified atom stereocenters. The van der Waals surface area contributed by atoms with Crippen molar-refractivity contribution in [3.63, 3.8) is 0 Å². The fourth-order valence-corrected chi connectivity index (χ4v) is 2.60. The zero-order valence-corrected chi connectivity index (χ0v) is 15.2. The Balaban J connectivity index is 2.03. The molecule has 0 saturated heterocycles. The summed E-state index contributed by atoms with van der Waals surface area (Å²) >= 11 is 0. The van der Waals surface area contributed by atoms with Crippen molar-refractivity contribution < 1.29 is 9.59 Å². The lowest BCUT2D eigenvalue weighted by atomic mass is 10.1. The summed E-state index contributed by atoms with van der Waals surface area (Å²) in [5, 5.41) is 2.92. The van der Waals surface area contributed by atoms with Gasteiger partial charge in [0.2, 0.25) is 0 Å². The van der Waals surface area contributed by atoms with Gasteiger partial charge in [-0.3, -0.25) is 9.59 Å². The van der Waals surface area contributed by atoms with Crippen molar-refractivity contribution in [1.29, 1.82) is 0 Å². The van der Waals surface area contributed by atoms with Gasteiger partial charge in [-0.15, -0.1) is 0 Å². The van der Waals surface area contributed by atoms with Crippen molar-refractivity contribution in [2.75, 3.05) is 13.6 Å². The standard InChI is InChI=1S/C21H26N2O2/c1-4-5-13-23(3)21(25)18-12-8-11-17(14-18)20(24)22-15-19-10-7-6-9-16(19)2/h6-12,14H,4-5,13,15H2,1-3H3,(H,22,24). The predicted octanol–water partition coefficient (Wildman–Crippen LogP) is 3.80. The van der Waals surface area contributed by atoms with E-state index < -0.39 is 0 Å². The van der Waals surface area contributed by atoms with Crippen LogP contribution in [-0.4, -0.2) is 30.3 Å². The molecule has 0 atom stereocenters. The van der Waals surface area contributed by atoms with E-state index in [-0.39, 0.29) is 11.8 Å². The van der Waals surface area contributed by atoms with Crippen molar-refractivity contribution in [2.45, 2.75) is 33.2 Å². The summed E-state index contributed by atoms with van der Waals surface area (Å²) in [6.07, 6.45) is 2.01. The van der Waals surface area contributed by atoms with Crippen LogP contribution >= 0.6 is 0 Å². The maximum Gasteiger partial charge on any atom is 0.253 e. The topological polar surface area (TPSA) is 49.4 Å². The average molecular weight is 338 g/mol. The molecule has 0 saturated carbocycles. The van der Waals surface area contributed by atoms with E-state index in [1.165, 1.54) is 0 Å². The molecule has 25 heavy (non-hydrogen) atoms. The van der Waals surface area contributed by atoms with Gasteiger partial charge in [0.05, 0.1) is 0 Å². The fraction of sp³-hybridized carbons (Fsp3) is 0.333. The quantitative estimate of drug-likeness (QED) is 0.835. The molecule has 0 spiro atoms. The number of benzene rings is 2. The molecule has 1 N–H and O–H groups in total. The van der Waals surface area contributed by atoms with Crippen LogP contribution in [0, 0.1) is 6.92 Å². The first kappa shape index (κ1) is 18.7. The van der Waals surface area contributed by atoms with Crippen LogP contribution in [0.3, 0.4) is 0 Å². The molecule has 4 nitrogen and oxygen atoms in total. The van der Waals surface area contributed by atoms with Crippen LogP contribution in [0.2, 0.25) is 0 Å². The van der Waals surface area contributed by atoms with E-state index in [4.69, 9.17) is 0 Å². The molecule has 0 aliphatic rings. The Morgan fingerprint density at radius 3 is 2.48 bits per heavy atom. The van der Waals surface area contributed by atoms with Gasteiger partial charge in [-0.2, -0.15) is 0 Å². The van der Waals surface area contributed by atoms with Gasteiger partial charge in [0.1, 0.15) is 0 Å². The number of hydrogen-bond acceptors (Lipinski definition) is 2. The molecule has 0 bridgehead atoms. The summed E-state index contributed by atoms with van der Waals surface area (Å²) in [6.45, 7) is 5.31. The minimum atomic E-state index is -0.172. The van der Waals surface area contributed by atoms with Gasteiger partial charge in [-0.05, 0) is 42.7 Å². The predicted molar refractivity (Wildman–Crippen MR) is 101 cm³/mol.